The summed E-state index contributed by atoms with van der Waals surface area (Å²) in [5.74, 6) is 0.878. The number of para-hydroxylation sites is 2. The van der Waals surface area contributed by atoms with Gasteiger partial charge >= 0.3 is 0 Å². The molecule has 0 aromatic heterocycles. The minimum absolute atomic E-state index is 0.128. The zero-order chi connectivity index (χ0) is 25.0. The number of amides is 1. The Balaban J connectivity index is 1.55. The van der Waals surface area contributed by atoms with Gasteiger partial charge in [0.15, 0.2) is 17.6 Å². The molecule has 0 saturated heterocycles. The van der Waals surface area contributed by atoms with E-state index in [0.717, 1.165) is 5.56 Å². The first kappa shape index (κ1) is 24.4. The van der Waals surface area contributed by atoms with E-state index in [1.807, 2.05) is 19.1 Å². The largest absolute Gasteiger partial charge is 0.493 e. The van der Waals surface area contributed by atoms with Gasteiger partial charge in [0.2, 0.25) is 10.0 Å². The van der Waals surface area contributed by atoms with Crippen molar-refractivity contribution in [3.05, 3.63) is 83.9 Å². The number of fused-ring (bicyclic) bond motifs is 1. The highest BCUT2D eigenvalue weighted by molar-refractivity contribution is 7.92. The van der Waals surface area contributed by atoms with Crippen LogP contribution in [0.4, 0.5) is 5.69 Å². The normalized spacial score (nSPS) is 16.0. The van der Waals surface area contributed by atoms with Gasteiger partial charge in [-0.1, -0.05) is 48.5 Å². The monoisotopic (exact) mass is 496 g/mol. The fraction of sp³-hybridized carbons (Fsp3) is 0.269. The summed E-state index contributed by atoms with van der Waals surface area (Å²) >= 11 is 0. The first-order valence-corrected chi connectivity index (χ1v) is 12.8. The van der Waals surface area contributed by atoms with E-state index in [1.165, 1.54) is 4.31 Å². The summed E-state index contributed by atoms with van der Waals surface area (Å²) < 4.78 is 44.6. The molecule has 184 valence electrons. The SMILES string of the molecule is COc1ccc([C@@H](C)NC(=O)[C@H]2CN(S(=O)(=O)Cc3ccccc3)c3ccccc3O2)cc1OC. The highest BCUT2D eigenvalue weighted by Crippen LogP contribution is 2.36. The molecule has 0 unspecified atom stereocenters. The molecule has 0 saturated carbocycles. The third-order valence-corrected chi connectivity index (χ3v) is 7.54. The molecule has 0 fully saturated rings. The Hall–Kier alpha value is -3.72. The summed E-state index contributed by atoms with van der Waals surface area (Å²) in [6.07, 6.45) is -1.02. The fourth-order valence-corrected chi connectivity index (χ4v) is 5.56. The Bertz CT molecular complexity index is 1300. The van der Waals surface area contributed by atoms with E-state index in [1.54, 1.807) is 74.9 Å². The Labute approximate surface area is 205 Å². The molecule has 0 bridgehead atoms. The second-order valence-corrected chi connectivity index (χ2v) is 10.1. The third kappa shape index (κ3) is 5.35. The predicted octanol–water partition coefficient (Wildman–Crippen LogP) is 3.68. The zero-order valence-electron chi connectivity index (χ0n) is 19.8. The highest BCUT2D eigenvalue weighted by atomic mass is 32.2. The van der Waals surface area contributed by atoms with Crippen molar-refractivity contribution in [3.8, 4) is 17.2 Å². The molecule has 1 N–H and O–H groups in total. The first-order valence-electron chi connectivity index (χ1n) is 11.1. The van der Waals surface area contributed by atoms with Crippen LogP contribution in [-0.4, -0.2) is 41.2 Å². The van der Waals surface area contributed by atoms with Crippen molar-refractivity contribution in [1.29, 1.82) is 0 Å². The number of anilines is 1. The van der Waals surface area contributed by atoms with Gasteiger partial charge in [0.1, 0.15) is 5.75 Å². The average Bonchev–Trinajstić information content (AvgIpc) is 2.87. The van der Waals surface area contributed by atoms with E-state index in [0.29, 0.717) is 28.5 Å². The molecule has 0 spiro atoms. The van der Waals surface area contributed by atoms with Crippen molar-refractivity contribution < 1.29 is 27.4 Å². The molecule has 35 heavy (non-hydrogen) atoms. The van der Waals surface area contributed by atoms with Gasteiger partial charge in [-0.05, 0) is 42.3 Å². The predicted molar refractivity (Wildman–Crippen MR) is 133 cm³/mol. The highest BCUT2D eigenvalue weighted by Gasteiger charge is 2.37. The van der Waals surface area contributed by atoms with Crippen LogP contribution in [0, 0.1) is 0 Å². The van der Waals surface area contributed by atoms with E-state index in [4.69, 9.17) is 14.2 Å². The number of methoxy groups -OCH3 is 2. The topological polar surface area (TPSA) is 94.2 Å². The number of carbonyl (C=O) groups excluding carboxylic acids is 1. The molecule has 1 aliphatic rings. The van der Waals surface area contributed by atoms with Crippen LogP contribution in [0.3, 0.4) is 0 Å². The summed E-state index contributed by atoms with van der Waals surface area (Å²) in [5.41, 5.74) is 1.89. The molecule has 8 nitrogen and oxygen atoms in total. The molecular formula is C26H28N2O6S. The van der Waals surface area contributed by atoms with Crippen LogP contribution < -0.4 is 23.8 Å². The van der Waals surface area contributed by atoms with Crippen molar-refractivity contribution >= 4 is 21.6 Å². The lowest BCUT2D eigenvalue weighted by molar-refractivity contribution is -0.128. The summed E-state index contributed by atoms with van der Waals surface area (Å²) in [4.78, 5) is 13.2. The second kappa shape index (κ2) is 10.3. The van der Waals surface area contributed by atoms with Crippen molar-refractivity contribution in [2.45, 2.75) is 24.8 Å². The summed E-state index contributed by atoms with van der Waals surface area (Å²) in [6.45, 7) is 1.70. The summed E-state index contributed by atoms with van der Waals surface area (Å²) in [6, 6.07) is 20.8. The van der Waals surface area contributed by atoms with Crippen LogP contribution in [0.1, 0.15) is 24.1 Å². The fourth-order valence-electron chi connectivity index (χ4n) is 3.98. The van der Waals surface area contributed by atoms with Crippen LogP contribution in [0.2, 0.25) is 0 Å². The number of nitrogens with one attached hydrogen (secondary N) is 1. The van der Waals surface area contributed by atoms with Crippen molar-refractivity contribution in [1.82, 2.24) is 5.32 Å². The van der Waals surface area contributed by atoms with E-state index in [9.17, 15) is 13.2 Å². The molecule has 9 heteroatoms. The zero-order valence-corrected chi connectivity index (χ0v) is 20.6. The Morgan fingerprint density at radius 1 is 1.03 bits per heavy atom. The maximum atomic E-state index is 13.4. The Kier molecular flexibility index (Phi) is 7.16. The molecule has 1 aliphatic heterocycles. The van der Waals surface area contributed by atoms with Crippen molar-refractivity contribution in [2.24, 2.45) is 0 Å². The lowest BCUT2D eigenvalue weighted by Crippen LogP contribution is -2.51. The number of carbonyl (C=O) groups is 1. The Morgan fingerprint density at radius 2 is 1.71 bits per heavy atom. The molecule has 1 amide bonds. The standard InChI is InChI=1S/C26H28N2O6S/c1-18(20-13-14-23(32-2)24(15-20)33-3)27-26(29)25-16-28(21-11-7-8-12-22(21)34-25)35(30,31)17-19-9-5-4-6-10-19/h4-15,18,25H,16-17H2,1-3H3,(H,27,29)/t18-,25-/m1/s1. The van der Waals surface area contributed by atoms with Crippen molar-refractivity contribution in [3.63, 3.8) is 0 Å². The van der Waals surface area contributed by atoms with E-state index in [2.05, 4.69) is 5.32 Å². The molecule has 3 aromatic carbocycles. The number of ether oxygens (including phenoxy) is 3. The van der Waals surface area contributed by atoms with E-state index in [-0.39, 0.29) is 18.3 Å². The molecule has 3 aromatic rings. The average molecular weight is 497 g/mol. The van der Waals surface area contributed by atoms with Crippen LogP contribution in [0.5, 0.6) is 17.2 Å². The number of rotatable bonds is 8. The van der Waals surface area contributed by atoms with Gasteiger partial charge in [0.05, 0.1) is 38.2 Å². The van der Waals surface area contributed by atoms with E-state index < -0.39 is 22.0 Å². The summed E-state index contributed by atoms with van der Waals surface area (Å²) in [7, 11) is -0.672. The quantitative estimate of drug-likeness (QED) is 0.511. The summed E-state index contributed by atoms with van der Waals surface area (Å²) in [5, 5.41) is 2.93. The van der Waals surface area contributed by atoms with Gasteiger partial charge in [-0.3, -0.25) is 9.10 Å². The molecule has 0 radical (unpaired) electrons. The van der Waals surface area contributed by atoms with Crippen LogP contribution in [0.15, 0.2) is 72.8 Å². The molecule has 4 rings (SSSR count). The van der Waals surface area contributed by atoms with Gasteiger partial charge in [0, 0.05) is 0 Å². The second-order valence-electron chi connectivity index (χ2n) is 8.19. The molecule has 2 atom stereocenters. The molecule has 0 aliphatic carbocycles. The molecular weight excluding hydrogens is 468 g/mol. The lowest BCUT2D eigenvalue weighted by Gasteiger charge is -2.35. The van der Waals surface area contributed by atoms with E-state index >= 15 is 0 Å². The van der Waals surface area contributed by atoms with Gasteiger partial charge in [0.25, 0.3) is 5.91 Å². The number of hydrogen-bond donors (Lipinski definition) is 1. The molecule has 1 heterocycles. The lowest BCUT2D eigenvalue weighted by atomic mass is 10.1. The number of hydrogen-bond acceptors (Lipinski definition) is 6. The van der Waals surface area contributed by atoms with Gasteiger partial charge in [-0.2, -0.15) is 0 Å². The minimum Gasteiger partial charge on any atom is -0.493 e. The maximum absolute atomic E-state index is 13.4. The Morgan fingerprint density at radius 3 is 2.43 bits per heavy atom. The van der Waals surface area contributed by atoms with Crippen LogP contribution in [-0.2, 0) is 20.6 Å². The first-order chi connectivity index (χ1) is 16.8. The van der Waals surface area contributed by atoms with Crippen LogP contribution in [0.25, 0.3) is 0 Å². The maximum Gasteiger partial charge on any atom is 0.263 e. The number of nitrogens with zero attached hydrogens (tertiary/aromatic N) is 1. The number of sulfonamides is 1. The van der Waals surface area contributed by atoms with Gasteiger partial charge in [-0.25, -0.2) is 8.42 Å². The van der Waals surface area contributed by atoms with Crippen LogP contribution >= 0.6 is 0 Å². The number of benzene rings is 3. The van der Waals surface area contributed by atoms with Gasteiger partial charge < -0.3 is 19.5 Å². The smallest absolute Gasteiger partial charge is 0.263 e. The van der Waals surface area contributed by atoms with Gasteiger partial charge in [-0.15, -0.1) is 0 Å². The third-order valence-electron chi connectivity index (χ3n) is 5.82. The minimum atomic E-state index is -3.77. The van der Waals surface area contributed by atoms with Crippen molar-refractivity contribution in [2.75, 3.05) is 25.1 Å².